The summed E-state index contributed by atoms with van der Waals surface area (Å²) >= 11 is 0. The van der Waals surface area contributed by atoms with E-state index in [4.69, 9.17) is 4.99 Å². The number of aliphatic imine (C=N–C) groups is 1. The fourth-order valence-corrected chi connectivity index (χ4v) is 2.28. The topological polar surface area (TPSA) is 25.2 Å². The molecule has 0 fully saturated rings. The van der Waals surface area contributed by atoms with Crippen LogP contribution in [0.25, 0.3) is 0 Å². The first kappa shape index (κ1) is 13.5. The van der Waals surface area contributed by atoms with E-state index in [0.717, 1.165) is 29.9 Å². The van der Waals surface area contributed by atoms with Crippen LogP contribution in [0, 0.1) is 0 Å². The Hall–Kier alpha value is -1.96. The van der Waals surface area contributed by atoms with Gasteiger partial charge in [-0.15, -0.1) is 0 Å². The van der Waals surface area contributed by atoms with E-state index in [2.05, 4.69) is 37.0 Å². The normalized spacial score (nSPS) is 11.6. The highest BCUT2D eigenvalue weighted by molar-refractivity contribution is 5.98. The van der Waals surface area contributed by atoms with Gasteiger partial charge in [0, 0.05) is 6.20 Å². The summed E-state index contributed by atoms with van der Waals surface area (Å²) in [5, 5.41) is 0. The van der Waals surface area contributed by atoms with Crippen molar-refractivity contribution in [2.45, 2.75) is 33.6 Å². The third-order valence-electron chi connectivity index (χ3n) is 3.31. The van der Waals surface area contributed by atoms with Gasteiger partial charge in [0.2, 0.25) is 0 Å². The summed E-state index contributed by atoms with van der Waals surface area (Å²) in [5.74, 6) is 0. The van der Waals surface area contributed by atoms with E-state index in [1.165, 1.54) is 11.1 Å². The zero-order valence-corrected chi connectivity index (χ0v) is 11.9. The second kappa shape index (κ2) is 6.28. The molecule has 1 heterocycles. The first-order valence-electron chi connectivity index (χ1n) is 6.83. The van der Waals surface area contributed by atoms with Gasteiger partial charge in [-0.1, -0.05) is 32.0 Å². The fourth-order valence-electron chi connectivity index (χ4n) is 2.28. The van der Waals surface area contributed by atoms with Gasteiger partial charge >= 0.3 is 0 Å². The number of benzene rings is 1. The van der Waals surface area contributed by atoms with E-state index in [9.17, 15) is 0 Å². The van der Waals surface area contributed by atoms with Gasteiger partial charge in [0.25, 0.3) is 0 Å². The van der Waals surface area contributed by atoms with Crippen molar-refractivity contribution in [3.8, 4) is 0 Å². The minimum Gasteiger partial charge on any atom is -0.255 e. The summed E-state index contributed by atoms with van der Waals surface area (Å²) in [6.07, 6.45) is 3.87. The zero-order valence-electron chi connectivity index (χ0n) is 11.9. The van der Waals surface area contributed by atoms with Gasteiger partial charge in [-0.3, -0.25) is 9.98 Å². The molecule has 2 nitrogen and oxygen atoms in total. The van der Waals surface area contributed by atoms with Crippen LogP contribution in [0.5, 0.6) is 0 Å². The first-order chi connectivity index (χ1) is 9.26. The maximum Gasteiger partial charge on any atom is 0.0841 e. The molecule has 0 radical (unpaired) electrons. The minimum atomic E-state index is 0.937. The lowest BCUT2D eigenvalue weighted by Gasteiger charge is -2.10. The number of aromatic nitrogens is 1. The summed E-state index contributed by atoms with van der Waals surface area (Å²) in [5.41, 5.74) is 5.71. The van der Waals surface area contributed by atoms with Crippen LogP contribution in [-0.4, -0.2) is 10.7 Å². The SMILES string of the molecule is CCc1cccc(N=C(C)c2ccccn2)c1CC. The first-order valence-corrected chi connectivity index (χ1v) is 6.83. The maximum absolute atomic E-state index is 4.76. The van der Waals surface area contributed by atoms with E-state index in [-0.39, 0.29) is 0 Å². The van der Waals surface area contributed by atoms with Crippen molar-refractivity contribution in [1.82, 2.24) is 4.98 Å². The minimum absolute atomic E-state index is 0.937. The molecule has 0 atom stereocenters. The standard InChI is InChI=1S/C17H20N2/c1-4-14-9-8-11-17(15(14)5-2)19-13(3)16-10-6-7-12-18-16/h6-12H,4-5H2,1-3H3. The van der Waals surface area contributed by atoms with Crippen LogP contribution in [0.3, 0.4) is 0 Å². The van der Waals surface area contributed by atoms with Crippen molar-refractivity contribution >= 4 is 11.4 Å². The van der Waals surface area contributed by atoms with Crippen LogP contribution in [0.1, 0.15) is 37.6 Å². The van der Waals surface area contributed by atoms with Gasteiger partial charge in [0.1, 0.15) is 0 Å². The monoisotopic (exact) mass is 252 g/mol. The van der Waals surface area contributed by atoms with Crippen molar-refractivity contribution in [3.63, 3.8) is 0 Å². The molecular formula is C17H20N2. The molecule has 98 valence electrons. The van der Waals surface area contributed by atoms with Crippen molar-refractivity contribution in [2.75, 3.05) is 0 Å². The molecule has 2 heteroatoms. The molecule has 0 aliphatic rings. The number of nitrogens with zero attached hydrogens (tertiary/aromatic N) is 2. The Labute approximate surface area is 115 Å². The molecule has 19 heavy (non-hydrogen) atoms. The van der Waals surface area contributed by atoms with Gasteiger partial charge in [-0.05, 0) is 49.1 Å². The zero-order chi connectivity index (χ0) is 13.7. The average Bonchev–Trinajstić information content (AvgIpc) is 2.47. The van der Waals surface area contributed by atoms with Gasteiger partial charge in [0.05, 0.1) is 17.1 Å². The van der Waals surface area contributed by atoms with E-state index in [0.29, 0.717) is 0 Å². The van der Waals surface area contributed by atoms with Crippen LogP contribution in [0.4, 0.5) is 5.69 Å². The lowest BCUT2D eigenvalue weighted by atomic mass is 10.0. The summed E-state index contributed by atoms with van der Waals surface area (Å²) < 4.78 is 0. The highest BCUT2D eigenvalue weighted by Crippen LogP contribution is 2.24. The molecule has 0 amide bonds. The Morgan fingerprint density at radius 2 is 1.89 bits per heavy atom. The van der Waals surface area contributed by atoms with Crippen LogP contribution in [0.2, 0.25) is 0 Å². The highest BCUT2D eigenvalue weighted by atomic mass is 14.8. The molecule has 2 aromatic rings. The highest BCUT2D eigenvalue weighted by Gasteiger charge is 2.05. The number of hydrogen-bond acceptors (Lipinski definition) is 2. The summed E-state index contributed by atoms with van der Waals surface area (Å²) in [6.45, 7) is 6.39. The Morgan fingerprint density at radius 3 is 2.53 bits per heavy atom. The molecule has 0 N–H and O–H groups in total. The van der Waals surface area contributed by atoms with Gasteiger partial charge < -0.3 is 0 Å². The Bertz CT molecular complexity index is 571. The molecule has 1 aromatic heterocycles. The lowest BCUT2D eigenvalue weighted by Crippen LogP contribution is -1.98. The van der Waals surface area contributed by atoms with E-state index in [1.54, 1.807) is 6.20 Å². The van der Waals surface area contributed by atoms with Crippen molar-refractivity contribution < 1.29 is 0 Å². The van der Waals surface area contributed by atoms with E-state index in [1.807, 2.05) is 25.1 Å². The summed E-state index contributed by atoms with van der Waals surface area (Å²) in [4.78, 5) is 9.10. The Morgan fingerprint density at radius 1 is 1.05 bits per heavy atom. The van der Waals surface area contributed by atoms with Crippen LogP contribution in [0.15, 0.2) is 47.6 Å². The predicted octanol–water partition coefficient (Wildman–Crippen LogP) is 4.35. The van der Waals surface area contributed by atoms with Gasteiger partial charge in [-0.2, -0.15) is 0 Å². The molecule has 0 spiro atoms. The Kier molecular flexibility index (Phi) is 4.45. The second-order valence-electron chi connectivity index (χ2n) is 4.53. The maximum atomic E-state index is 4.76. The third kappa shape index (κ3) is 3.08. The van der Waals surface area contributed by atoms with Crippen LogP contribution < -0.4 is 0 Å². The Balaban J connectivity index is 2.43. The molecule has 0 bridgehead atoms. The van der Waals surface area contributed by atoms with Crippen LogP contribution in [-0.2, 0) is 12.8 Å². The van der Waals surface area contributed by atoms with Crippen molar-refractivity contribution in [1.29, 1.82) is 0 Å². The predicted molar refractivity (Wildman–Crippen MR) is 81.3 cm³/mol. The smallest absolute Gasteiger partial charge is 0.0841 e. The largest absolute Gasteiger partial charge is 0.255 e. The molecule has 0 unspecified atom stereocenters. The molecule has 0 saturated carbocycles. The van der Waals surface area contributed by atoms with E-state index < -0.39 is 0 Å². The number of aryl methyl sites for hydroxylation is 1. The summed E-state index contributed by atoms with van der Waals surface area (Å²) in [6, 6.07) is 12.3. The number of hydrogen-bond donors (Lipinski definition) is 0. The quantitative estimate of drug-likeness (QED) is 0.743. The molecule has 0 aliphatic heterocycles. The van der Waals surface area contributed by atoms with Crippen molar-refractivity contribution in [2.24, 2.45) is 4.99 Å². The molecule has 0 saturated heterocycles. The third-order valence-corrected chi connectivity index (χ3v) is 3.31. The van der Waals surface area contributed by atoms with Gasteiger partial charge in [-0.25, -0.2) is 0 Å². The average molecular weight is 252 g/mol. The molecule has 1 aromatic carbocycles. The molecular weight excluding hydrogens is 232 g/mol. The fraction of sp³-hybridized carbons (Fsp3) is 0.294. The van der Waals surface area contributed by atoms with E-state index >= 15 is 0 Å². The van der Waals surface area contributed by atoms with Crippen molar-refractivity contribution in [3.05, 3.63) is 59.4 Å². The summed E-state index contributed by atoms with van der Waals surface area (Å²) in [7, 11) is 0. The molecule has 0 aliphatic carbocycles. The molecule has 2 rings (SSSR count). The van der Waals surface area contributed by atoms with Crippen LogP contribution >= 0.6 is 0 Å². The lowest BCUT2D eigenvalue weighted by molar-refractivity contribution is 1.03. The number of rotatable bonds is 4. The van der Waals surface area contributed by atoms with Gasteiger partial charge in [0.15, 0.2) is 0 Å². The number of pyridine rings is 1. The second-order valence-corrected chi connectivity index (χ2v) is 4.53.